The molecule has 0 unspecified atom stereocenters. The summed E-state index contributed by atoms with van der Waals surface area (Å²) in [5.74, 6) is -1.46. The fourth-order valence-corrected chi connectivity index (χ4v) is 2.17. The topological polar surface area (TPSA) is 116 Å². The van der Waals surface area contributed by atoms with Gasteiger partial charge in [0.25, 0.3) is 0 Å². The zero-order chi connectivity index (χ0) is 15.6. The largest absolute Gasteiger partial charge is 0.479 e. The molecule has 1 aromatic rings. The molecular weight excluding hydrogens is 304 g/mol. The van der Waals surface area contributed by atoms with Crippen LogP contribution in [0, 0.1) is 0 Å². The van der Waals surface area contributed by atoms with Crippen molar-refractivity contribution in [2.24, 2.45) is 0 Å². The van der Waals surface area contributed by atoms with E-state index in [0.717, 1.165) is 0 Å². The van der Waals surface area contributed by atoms with Crippen molar-refractivity contribution < 1.29 is 34.7 Å². The molecule has 1 fully saturated rings. The minimum absolute atomic E-state index is 0.0451. The van der Waals surface area contributed by atoms with Crippen LogP contribution in [0.4, 0.5) is 0 Å². The number of carboxylic acid groups (broad SMARTS) is 1. The average molecular weight is 319 g/mol. The lowest BCUT2D eigenvalue weighted by Gasteiger charge is -2.38. The summed E-state index contributed by atoms with van der Waals surface area (Å²) in [5, 5.41) is 38.3. The molecule has 0 amide bonds. The highest BCUT2D eigenvalue weighted by atomic mass is 35.5. The Morgan fingerprint density at radius 3 is 2.48 bits per heavy atom. The highest BCUT2D eigenvalue weighted by molar-refractivity contribution is 6.31. The number of aliphatic hydroxyl groups excluding tert-OH is 3. The Morgan fingerprint density at radius 1 is 1.19 bits per heavy atom. The Kier molecular flexibility index (Phi) is 5.15. The number of rotatable bonds is 4. The molecule has 1 aromatic carbocycles. The zero-order valence-electron chi connectivity index (χ0n) is 10.8. The summed E-state index contributed by atoms with van der Waals surface area (Å²) < 4.78 is 10.2. The summed E-state index contributed by atoms with van der Waals surface area (Å²) in [5.41, 5.74) is 0.613. The van der Waals surface area contributed by atoms with Crippen LogP contribution in [-0.2, 0) is 20.9 Å². The van der Waals surface area contributed by atoms with Crippen molar-refractivity contribution in [3.8, 4) is 0 Å². The summed E-state index contributed by atoms with van der Waals surface area (Å²) in [7, 11) is 0. The highest BCUT2D eigenvalue weighted by Gasteiger charge is 2.47. The van der Waals surface area contributed by atoms with Gasteiger partial charge in [-0.3, -0.25) is 0 Å². The van der Waals surface area contributed by atoms with Gasteiger partial charge in [-0.2, -0.15) is 0 Å². The highest BCUT2D eigenvalue weighted by Crippen LogP contribution is 2.24. The van der Waals surface area contributed by atoms with E-state index in [1.54, 1.807) is 24.3 Å². The molecule has 0 bridgehead atoms. The second kappa shape index (κ2) is 6.69. The fraction of sp³-hybridized carbons (Fsp3) is 0.462. The standard InChI is InChI=1S/C13H15ClO7/c14-7-4-2-1-3-6(7)5-20-13-10(17)8(15)9(16)11(21-13)12(18)19/h1-4,8-11,13,15-17H,5H2,(H,18,19)/t8-,9-,10+,11-,13+/m0/s1. The number of carbonyl (C=O) groups is 1. The second-order valence-corrected chi connectivity index (χ2v) is 5.04. The van der Waals surface area contributed by atoms with Crippen molar-refractivity contribution in [3.63, 3.8) is 0 Å². The first-order chi connectivity index (χ1) is 9.91. The number of hydrogen-bond donors (Lipinski definition) is 4. The molecule has 8 heteroatoms. The Labute approximate surface area is 125 Å². The summed E-state index contributed by atoms with van der Waals surface area (Å²) in [6.07, 6.45) is -8.06. The molecule has 1 aliphatic rings. The maximum absolute atomic E-state index is 10.9. The number of aliphatic hydroxyl groups is 3. The van der Waals surface area contributed by atoms with Gasteiger partial charge in [0.05, 0.1) is 6.61 Å². The third-order valence-corrected chi connectivity index (χ3v) is 3.54. The molecule has 0 spiro atoms. The number of benzene rings is 1. The van der Waals surface area contributed by atoms with Crippen LogP contribution in [0.3, 0.4) is 0 Å². The quantitative estimate of drug-likeness (QED) is 0.605. The van der Waals surface area contributed by atoms with Gasteiger partial charge in [-0.15, -0.1) is 0 Å². The van der Waals surface area contributed by atoms with Crippen molar-refractivity contribution in [3.05, 3.63) is 34.9 Å². The van der Waals surface area contributed by atoms with Crippen LogP contribution in [0.5, 0.6) is 0 Å². The van der Waals surface area contributed by atoms with Crippen LogP contribution in [0.25, 0.3) is 0 Å². The predicted molar refractivity (Wildman–Crippen MR) is 70.6 cm³/mol. The normalized spacial score (nSPS) is 32.9. The molecule has 0 saturated carbocycles. The third-order valence-electron chi connectivity index (χ3n) is 3.17. The smallest absolute Gasteiger partial charge is 0.335 e. The van der Waals surface area contributed by atoms with Crippen LogP contribution >= 0.6 is 11.6 Å². The molecule has 1 heterocycles. The first-order valence-electron chi connectivity index (χ1n) is 6.19. The van der Waals surface area contributed by atoms with Gasteiger partial charge in [0.15, 0.2) is 12.4 Å². The van der Waals surface area contributed by atoms with Crippen molar-refractivity contribution in [1.82, 2.24) is 0 Å². The molecule has 21 heavy (non-hydrogen) atoms. The average Bonchev–Trinajstić information content (AvgIpc) is 2.45. The number of carboxylic acids is 1. The van der Waals surface area contributed by atoms with E-state index in [2.05, 4.69) is 0 Å². The summed E-state index contributed by atoms with van der Waals surface area (Å²) in [6, 6.07) is 6.81. The van der Waals surface area contributed by atoms with Crippen LogP contribution in [0.2, 0.25) is 5.02 Å². The van der Waals surface area contributed by atoms with E-state index in [0.29, 0.717) is 10.6 Å². The van der Waals surface area contributed by atoms with E-state index in [9.17, 15) is 20.1 Å². The van der Waals surface area contributed by atoms with Gasteiger partial charge < -0.3 is 29.9 Å². The lowest BCUT2D eigenvalue weighted by atomic mass is 9.99. The molecule has 7 nitrogen and oxygen atoms in total. The monoisotopic (exact) mass is 318 g/mol. The third kappa shape index (κ3) is 3.52. The lowest BCUT2D eigenvalue weighted by molar-refractivity contribution is -0.297. The lowest BCUT2D eigenvalue weighted by Crippen LogP contribution is -2.60. The number of aliphatic carboxylic acids is 1. The Morgan fingerprint density at radius 2 is 1.86 bits per heavy atom. The first kappa shape index (κ1) is 16.2. The fourth-order valence-electron chi connectivity index (χ4n) is 1.98. The Bertz CT molecular complexity index is 509. The predicted octanol–water partition coefficient (Wildman–Crippen LogP) is -0.251. The van der Waals surface area contributed by atoms with Crippen molar-refractivity contribution >= 4 is 17.6 Å². The van der Waals surface area contributed by atoms with Gasteiger partial charge in [0.1, 0.15) is 18.3 Å². The maximum atomic E-state index is 10.9. The van der Waals surface area contributed by atoms with Gasteiger partial charge >= 0.3 is 5.97 Å². The van der Waals surface area contributed by atoms with E-state index in [-0.39, 0.29) is 6.61 Å². The number of halogens is 1. The van der Waals surface area contributed by atoms with Crippen LogP contribution in [-0.4, -0.2) is 57.1 Å². The van der Waals surface area contributed by atoms with E-state index in [4.69, 9.17) is 26.2 Å². The van der Waals surface area contributed by atoms with Gasteiger partial charge in [-0.1, -0.05) is 29.8 Å². The SMILES string of the molecule is O=C(O)[C@H]1O[C@@H](OCc2ccccc2Cl)[C@H](O)[C@@H](O)[C@@H]1O. The minimum atomic E-state index is -1.74. The van der Waals surface area contributed by atoms with Crippen LogP contribution < -0.4 is 0 Å². The zero-order valence-corrected chi connectivity index (χ0v) is 11.6. The van der Waals surface area contributed by atoms with Crippen LogP contribution in [0.15, 0.2) is 24.3 Å². The molecule has 0 aromatic heterocycles. The maximum Gasteiger partial charge on any atom is 0.335 e. The molecule has 2 rings (SSSR count). The van der Waals surface area contributed by atoms with Crippen LogP contribution in [0.1, 0.15) is 5.56 Å². The minimum Gasteiger partial charge on any atom is -0.479 e. The molecule has 5 atom stereocenters. The number of ether oxygens (including phenoxy) is 2. The molecular formula is C13H15ClO7. The summed E-state index contributed by atoms with van der Waals surface area (Å²) in [4.78, 5) is 10.9. The van der Waals surface area contributed by atoms with E-state index < -0.39 is 36.7 Å². The van der Waals surface area contributed by atoms with Gasteiger partial charge in [0, 0.05) is 5.02 Å². The van der Waals surface area contributed by atoms with Crippen molar-refractivity contribution in [2.75, 3.05) is 0 Å². The molecule has 116 valence electrons. The van der Waals surface area contributed by atoms with E-state index in [1.165, 1.54) is 0 Å². The molecule has 1 aliphatic heterocycles. The number of hydrogen-bond acceptors (Lipinski definition) is 6. The van der Waals surface area contributed by atoms with Crippen molar-refractivity contribution in [1.29, 1.82) is 0 Å². The Balaban J connectivity index is 2.05. The van der Waals surface area contributed by atoms with Gasteiger partial charge in [-0.05, 0) is 11.6 Å². The molecule has 0 radical (unpaired) electrons. The second-order valence-electron chi connectivity index (χ2n) is 4.64. The molecule has 1 saturated heterocycles. The first-order valence-corrected chi connectivity index (χ1v) is 6.57. The summed E-state index contributed by atoms with van der Waals surface area (Å²) >= 11 is 5.94. The van der Waals surface area contributed by atoms with E-state index in [1.807, 2.05) is 0 Å². The van der Waals surface area contributed by atoms with Gasteiger partial charge in [0.2, 0.25) is 0 Å². The van der Waals surface area contributed by atoms with Gasteiger partial charge in [-0.25, -0.2) is 4.79 Å². The summed E-state index contributed by atoms with van der Waals surface area (Å²) in [6.45, 7) is -0.0451. The Hall–Kier alpha value is -1.22. The van der Waals surface area contributed by atoms with Crippen molar-refractivity contribution in [2.45, 2.75) is 37.3 Å². The molecule has 0 aliphatic carbocycles. The van der Waals surface area contributed by atoms with E-state index >= 15 is 0 Å². The molecule has 4 N–H and O–H groups in total.